The van der Waals surface area contributed by atoms with Gasteiger partial charge in [0.25, 0.3) is 0 Å². The number of fused-ring (bicyclic) bond motifs is 2. The van der Waals surface area contributed by atoms with Gasteiger partial charge in [-0.15, -0.1) is 34.9 Å². The van der Waals surface area contributed by atoms with Crippen LogP contribution in [-0.4, -0.2) is 15.9 Å². The van der Waals surface area contributed by atoms with Gasteiger partial charge in [0, 0.05) is 26.2 Å². The van der Waals surface area contributed by atoms with E-state index in [-0.39, 0.29) is 47.9 Å². The number of hydrogen-bond donors (Lipinski definition) is 1. The number of carbonyl (C=O) groups is 1. The molecule has 0 atom stereocenters. The van der Waals surface area contributed by atoms with E-state index < -0.39 is 0 Å². The van der Waals surface area contributed by atoms with E-state index in [2.05, 4.69) is 90.1 Å². The number of para-hydroxylation sites is 1. The normalized spacial score (nSPS) is 17.4. The van der Waals surface area contributed by atoms with E-state index in [0.29, 0.717) is 0 Å². The minimum atomic E-state index is -0.125. The number of hydrogen-bond acceptors (Lipinski definition) is 3. The second-order valence-electron chi connectivity index (χ2n) is 10.3. The molecule has 4 heteroatoms. The van der Waals surface area contributed by atoms with Gasteiger partial charge in [-0.25, -0.2) is 0 Å². The molecule has 1 radical (unpaired) electrons. The third-order valence-corrected chi connectivity index (χ3v) is 7.71. The Kier molecular flexibility index (Phi) is 7.78. The molecule has 0 saturated carbocycles. The van der Waals surface area contributed by atoms with E-state index in [4.69, 9.17) is 10.1 Å². The van der Waals surface area contributed by atoms with Crippen molar-refractivity contribution in [3.05, 3.63) is 77.6 Å². The summed E-state index contributed by atoms with van der Waals surface area (Å²) in [5.41, 5.74) is 6.38. The quantitative estimate of drug-likeness (QED) is 0.185. The molecule has 3 nitrogen and oxygen atoms in total. The molecule has 0 aliphatic heterocycles. The third-order valence-electron chi connectivity index (χ3n) is 7.71. The Bertz CT molecular complexity index is 1200. The molecule has 4 rings (SSSR count). The summed E-state index contributed by atoms with van der Waals surface area (Å²) in [6, 6.07) is 20.6. The molecule has 1 heterocycles. The summed E-state index contributed by atoms with van der Waals surface area (Å²) in [6.45, 7) is 17.1. The van der Waals surface area contributed by atoms with E-state index in [0.717, 1.165) is 16.8 Å². The van der Waals surface area contributed by atoms with Crippen LogP contribution in [0.3, 0.4) is 0 Å². The Morgan fingerprint density at radius 2 is 1.55 bits per heavy atom. The zero-order chi connectivity index (χ0) is 23.9. The van der Waals surface area contributed by atoms with Crippen LogP contribution in [0.5, 0.6) is 0 Å². The van der Waals surface area contributed by atoms with Crippen molar-refractivity contribution < 1.29 is 30.0 Å². The zero-order valence-electron chi connectivity index (χ0n) is 20.8. The largest absolute Gasteiger partial charge is 0.512 e. The molecular weight excluding hydrogens is 587 g/mol. The summed E-state index contributed by atoms with van der Waals surface area (Å²) in [5, 5.41) is 9.54. The van der Waals surface area contributed by atoms with Crippen molar-refractivity contribution in [3.8, 4) is 11.3 Å². The van der Waals surface area contributed by atoms with E-state index >= 15 is 0 Å². The van der Waals surface area contributed by atoms with Crippen molar-refractivity contribution >= 4 is 16.7 Å². The Balaban J connectivity index is 0.000000423. The predicted octanol–water partition coefficient (Wildman–Crippen LogP) is 7.33. The molecule has 33 heavy (non-hydrogen) atoms. The first kappa shape index (κ1) is 27.0. The maximum atomic E-state index is 10.0. The van der Waals surface area contributed by atoms with Gasteiger partial charge in [-0.05, 0) is 47.2 Å². The van der Waals surface area contributed by atoms with Crippen LogP contribution in [-0.2, 0) is 35.7 Å². The van der Waals surface area contributed by atoms with Gasteiger partial charge in [-0.1, -0.05) is 71.9 Å². The number of aliphatic hydroxyl groups is 1. The number of aliphatic hydroxyl groups excluding tert-OH is 1. The minimum Gasteiger partial charge on any atom is -0.512 e. The summed E-state index contributed by atoms with van der Waals surface area (Å²) in [5.74, 6) is -0.0625. The smallest absolute Gasteiger partial charge is 0.155 e. The molecule has 0 spiro atoms. The molecule has 1 aromatic heterocycles. The van der Waals surface area contributed by atoms with Crippen LogP contribution in [0.1, 0.15) is 66.5 Å². The van der Waals surface area contributed by atoms with Crippen molar-refractivity contribution in [2.45, 2.75) is 66.2 Å². The number of ketones is 1. The second kappa shape index (κ2) is 9.52. The fraction of sp³-hybridized carbons (Fsp3) is 0.379. The third kappa shape index (κ3) is 4.83. The number of rotatable bonds is 2. The number of benzene rings is 2. The zero-order valence-corrected chi connectivity index (χ0v) is 23.2. The monoisotopic (exact) mass is 621 g/mol. The van der Waals surface area contributed by atoms with Crippen molar-refractivity contribution in [1.29, 1.82) is 0 Å². The standard InChI is InChI=1S/C24H26N.C5H8O2.Ir/c1-22(2)18-13-11-17(15-19(18)23(3,4)24(22,5)6)21-14-12-16-9-7-8-10-20(16)25-21;1-4(6)3-5(2)7;/h7-10,12-15H,1-6H3;3,6H,1-2H3;/q-1;;. The molecule has 3 aromatic rings. The van der Waals surface area contributed by atoms with Crippen LogP contribution >= 0.6 is 0 Å². The summed E-state index contributed by atoms with van der Waals surface area (Å²) in [6.07, 6.45) is 1.17. The molecule has 1 aliphatic carbocycles. The molecular formula is C29H34IrNO2-. The molecule has 1 N–H and O–H groups in total. The molecule has 0 unspecified atom stereocenters. The van der Waals surface area contributed by atoms with Gasteiger partial charge < -0.3 is 5.11 Å². The van der Waals surface area contributed by atoms with Crippen molar-refractivity contribution in [2.24, 2.45) is 5.41 Å². The van der Waals surface area contributed by atoms with Crippen LogP contribution in [0.4, 0.5) is 0 Å². The van der Waals surface area contributed by atoms with Gasteiger partial charge >= 0.3 is 0 Å². The molecule has 0 bridgehead atoms. The SMILES string of the molecule is CC(=O)C=C(C)O.CC1(C)c2c[c-]c(-c3ccc4ccccc4n3)cc2C(C)(C)C1(C)C.[Ir]. The maximum Gasteiger partial charge on any atom is 0.155 e. The Hall–Kier alpha value is -2.29. The fourth-order valence-corrected chi connectivity index (χ4v) is 4.64. The molecule has 2 aromatic carbocycles. The van der Waals surface area contributed by atoms with Crippen molar-refractivity contribution in [2.75, 3.05) is 0 Å². The van der Waals surface area contributed by atoms with Crippen molar-refractivity contribution in [3.63, 3.8) is 0 Å². The topological polar surface area (TPSA) is 50.2 Å². The maximum absolute atomic E-state index is 10.0. The molecule has 1 aliphatic rings. The number of carbonyl (C=O) groups excluding carboxylic acids is 1. The average molecular weight is 621 g/mol. The number of nitrogens with zero attached hydrogens (tertiary/aromatic N) is 1. The molecule has 0 fully saturated rings. The van der Waals surface area contributed by atoms with Crippen LogP contribution in [0.25, 0.3) is 22.2 Å². The number of pyridine rings is 1. The minimum absolute atomic E-state index is 0. The van der Waals surface area contributed by atoms with Gasteiger partial charge in [0.2, 0.25) is 0 Å². The van der Waals surface area contributed by atoms with Gasteiger partial charge in [0.1, 0.15) is 0 Å². The van der Waals surface area contributed by atoms with Gasteiger partial charge in [0.05, 0.1) is 11.3 Å². The molecule has 0 saturated heterocycles. The molecule has 177 valence electrons. The van der Waals surface area contributed by atoms with E-state index in [1.165, 1.54) is 36.4 Å². The first-order chi connectivity index (χ1) is 14.8. The average Bonchev–Trinajstić information content (AvgIpc) is 2.81. The summed E-state index contributed by atoms with van der Waals surface area (Å²) >= 11 is 0. The van der Waals surface area contributed by atoms with E-state index in [1.54, 1.807) is 0 Å². The van der Waals surface area contributed by atoms with Crippen LogP contribution in [0.2, 0.25) is 0 Å². The van der Waals surface area contributed by atoms with Gasteiger partial charge in [-0.2, -0.15) is 0 Å². The number of aromatic nitrogens is 1. The second-order valence-corrected chi connectivity index (χ2v) is 10.3. The van der Waals surface area contributed by atoms with E-state index in [1.807, 2.05) is 6.07 Å². The molecule has 0 amide bonds. The fourth-order valence-electron chi connectivity index (χ4n) is 4.64. The Morgan fingerprint density at radius 1 is 0.939 bits per heavy atom. The predicted molar refractivity (Wildman–Crippen MR) is 133 cm³/mol. The van der Waals surface area contributed by atoms with Crippen LogP contribution < -0.4 is 0 Å². The number of allylic oxidation sites excluding steroid dienone is 2. The summed E-state index contributed by atoms with van der Waals surface area (Å²) < 4.78 is 0. The van der Waals surface area contributed by atoms with Gasteiger partial charge in [0.15, 0.2) is 5.78 Å². The Labute approximate surface area is 211 Å². The van der Waals surface area contributed by atoms with Gasteiger partial charge in [-0.3, -0.25) is 9.78 Å². The first-order valence-electron chi connectivity index (χ1n) is 11.1. The van der Waals surface area contributed by atoms with Crippen LogP contribution in [0, 0.1) is 11.5 Å². The Morgan fingerprint density at radius 3 is 2.12 bits per heavy atom. The van der Waals surface area contributed by atoms with Crippen molar-refractivity contribution in [1.82, 2.24) is 4.98 Å². The van der Waals surface area contributed by atoms with E-state index in [9.17, 15) is 4.79 Å². The summed E-state index contributed by atoms with van der Waals surface area (Å²) in [4.78, 5) is 14.9. The summed E-state index contributed by atoms with van der Waals surface area (Å²) in [7, 11) is 0. The first-order valence-corrected chi connectivity index (χ1v) is 11.1. The van der Waals surface area contributed by atoms with Crippen LogP contribution in [0.15, 0.2) is 60.4 Å².